The molecule has 7 nitrogen and oxygen atoms in total. The average molecular weight is 468 g/mol. The van der Waals surface area contributed by atoms with Crippen LogP contribution in [0.1, 0.15) is 20.2 Å². The van der Waals surface area contributed by atoms with E-state index in [1.165, 1.54) is 11.3 Å². The van der Waals surface area contributed by atoms with Crippen molar-refractivity contribution in [1.29, 1.82) is 0 Å². The number of hydrogen-bond acceptors (Lipinski definition) is 7. The minimum absolute atomic E-state index is 0.0581. The second-order valence-electron chi connectivity index (χ2n) is 7.84. The molecule has 0 saturated carbocycles. The Morgan fingerprint density at radius 1 is 0.939 bits per heavy atom. The molecule has 1 aliphatic rings. The van der Waals surface area contributed by atoms with Gasteiger partial charge in [0.15, 0.2) is 11.5 Å². The van der Waals surface area contributed by atoms with Crippen LogP contribution in [0, 0.1) is 6.92 Å². The molecule has 2 heterocycles. The summed E-state index contributed by atoms with van der Waals surface area (Å²) in [6, 6.07) is 13.8. The number of methoxy groups -OCH3 is 3. The zero-order valence-corrected chi connectivity index (χ0v) is 20.3. The summed E-state index contributed by atoms with van der Waals surface area (Å²) in [5.41, 5.74) is 2.78. The highest BCUT2D eigenvalue weighted by atomic mass is 32.1. The first-order valence-electron chi connectivity index (χ1n) is 10.9. The summed E-state index contributed by atoms with van der Waals surface area (Å²) in [5.74, 6) is 1.98. The van der Waals surface area contributed by atoms with Crippen molar-refractivity contribution in [3.63, 3.8) is 0 Å². The first-order chi connectivity index (χ1) is 16.0. The second-order valence-corrected chi connectivity index (χ2v) is 9.04. The zero-order chi connectivity index (χ0) is 23.4. The number of carbonyl (C=O) groups excluding carboxylic acids is 1. The average Bonchev–Trinajstić information content (AvgIpc) is 3.25. The summed E-state index contributed by atoms with van der Waals surface area (Å²) in [6.07, 6.45) is 0. The lowest BCUT2D eigenvalue weighted by atomic mass is 10.1. The Morgan fingerprint density at radius 2 is 1.64 bits per heavy atom. The fraction of sp³-hybridized carbons (Fsp3) is 0.360. The number of nitrogens with zero attached hydrogens (tertiary/aromatic N) is 3. The second kappa shape index (κ2) is 10.2. The van der Waals surface area contributed by atoms with Gasteiger partial charge < -0.3 is 19.1 Å². The van der Waals surface area contributed by atoms with Gasteiger partial charge in [0.1, 0.15) is 4.88 Å². The Balaban J connectivity index is 1.45. The van der Waals surface area contributed by atoms with Gasteiger partial charge in [0.2, 0.25) is 5.75 Å². The molecule has 33 heavy (non-hydrogen) atoms. The molecule has 4 rings (SSSR count). The standard InChI is InChI=1S/C25H29N3O4S/c1-17-26-21(18-8-6-5-7-9-18)24(33-17)25(29)28-14-12-27(13-15-28)16-19-10-11-20(30-2)23(32-4)22(19)31-3/h5-11H,12-16H2,1-4H3. The van der Waals surface area contributed by atoms with E-state index in [0.29, 0.717) is 41.8 Å². The highest BCUT2D eigenvalue weighted by Crippen LogP contribution is 2.40. The number of aromatic nitrogens is 1. The van der Waals surface area contributed by atoms with Gasteiger partial charge >= 0.3 is 0 Å². The third-order valence-corrected chi connectivity index (χ3v) is 6.77. The molecule has 0 unspecified atom stereocenters. The SMILES string of the molecule is COc1ccc(CN2CCN(C(=O)c3sc(C)nc3-c3ccccc3)CC2)c(OC)c1OC. The summed E-state index contributed by atoms with van der Waals surface area (Å²) >= 11 is 1.47. The lowest BCUT2D eigenvalue weighted by Gasteiger charge is -2.35. The van der Waals surface area contributed by atoms with Crippen LogP contribution in [0.25, 0.3) is 11.3 Å². The van der Waals surface area contributed by atoms with Crippen LogP contribution in [0.15, 0.2) is 42.5 Å². The van der Waals surface area contributed by atoms with E-state index in [1.807, 2.05) is 54.3 Å². The van der Waals surface area contributed by atoms with Crippen molar-refractivity contribution in [2.45, 2.75) is 13.5 Å². The maximum absolute atomic E-state index is 13.4. The Morgan fingerprint density at radius 3 is 2.27 bits per heavy atom. The molecule has 8 heteroatoms. The molecule has 1 fully saturated rings. The van der Waals surface area contributed by atoms with E-state index in [1.54, 1.807) is 21.3 Å². The minimum atomic E-state index is 0.0581. The van der Waals surface area contributed by atoms with Gasteiger partial charge in [-0.3, -0.25) is 9.69 Å². The highest BCUT2D eigenvalue weighted by molar-refractivity contribution is 7.14. The highest BCUT2D eigenvalue weighted by Gasteiger charge is 2.27. The molecule has 0 aliphatic carbocycles. The molecule has 1 aliphatic heterocycles. The van der Waals surface area contributed by atoms with E-state index in [-0.39, 0.29) is 5.91 Å². The summed E-state index contributed by atoms with van der Waals surface area (Å²) in [6.45, 7) is 5.55. The molecular formula is C25H29N3O4S. The molecule has 0 bridgehead atoms. The molecule has 0 N–H and O–H groups in total. The van der Waals surface area contributed by atoms with Crippen molar-refractivity contribution in [3.8, 4) is 28.5 Å². The first kappa shape index (κ1) is 23.1. The molecular weight excluding hydrogens is 438 g/mol. The number of carbonyl (C=O) groups is 1. The van der Waals surface area contributed by atoms with E-state index < -0.39 is 0 Å². The van der Waals surface area contributed by atoms with Crippen molar-refractivity contribution in [2.75, 3.05) is 47.5 Å². The smallest absolute Gasteiger partial charge is 0.266 e. The maximum atomic E-state index is 13.4. The van der Waals surface area contributed by atoms with Crippen molar-refractivity contribution >= 4 is 17.2 Å². The monoisotopic (exact) mass is 467 g/mol. The van der Waals surface area contributed by atoms with Crippen LogP contribution in [0.3, 0.4) is 0 Å². The van der Waals surface area contributed by atoms with Crippen LogP contribution in [-0.2, 0) is 6.54 Å². The van der Waals surface area contributed by atoms with Gasteiger partial charge in [0.25, 0.3) is 5.91 Å². The largest absolute Gasteiger partial charge is 0.493 e. The predicted molar refractivity (Wildman–Crippen MR) is 130 cm³/mol. The number of amides is 1. The van der Waals surface area contributed by atoms with Gasteiger partial charge in [-0.25, -0.2) is 4.98 Å². The molecule has 1 amide bonds. The quantitative estimate of drug-likeness (QED) is 0.521. The fourth-order valence-corrected chi connectivity index (χ4v) is 5.05. The molecule has 3 aromatic rings. The van der Waals surface area contributed by atoms with Crippen LogP contribution < -0.4 is 14.2 Å². The van der Waals surface area contributed by atoms with E-state index in [0.717, 1.165) is 34.9 Å². The molecule has 0 spiro atoms. The first-order valence-corrected chi connectivity index (χ1v) is 11.7. The van der Waals surface area contributed by atoms with Gasteiger partial charge in [0.05, 0.1) is 32.0 Å². The molecule has 0 atom stereocenters. The predicted octanol–water partition coefficient (Wildman–Crippen LogP) is 4.10. The van der Waals surface area contributed by atoms with E-state index in [4.69, 9.17) is 14.2 Å². The number of ether oxygens (including phenoxy) is 3. The molecule has 0 radical (unpaired) electrons. The van der Waals surface area contributed by atoms with E-state index in [2.05, 4.69) is 9.88 Å². The topological polar surface area (TPSA) is 64.1 Å². The Bertz CT molecular complexity index is 1110. The van der Waals surface area contributed by atoms with E-state index in [9.17, 15) is 4.79 Å². The Hall–Kier alpha value is -3.10. The number of piperazine rings is 1. The number of aryl methyl sites for hydroxylation is 1. The number of hydrogen-bond donors (Lipinski definition) is 0. The normalized spacial score (nSPS) is 14.2. The van der Waals surface area contributed by atoms with Crippen molar-refractivity contribution in [3.05, 3.63) is 57.9 Å². The summed E-state index contributed by atoms with van der Waals surface area (Å²) < 4.78 is 16.5. The van der Waals surface area contributed by atoms with Crippen LogP contribution >= 0.6 is 11.3 Å². The number of benzene rings is 2. The molecule has 1 aromatic heterocycles. The van der Waals surface area contributed by atoms with Gasteiger partial charge in [-0.1, -0.05) is 36.4 Å². The zero-order valence-electron chi connectivity index (χ0n) is 19.5. The van der Waals surface area contributed by atoms with Crippen molar-refractivity contribution in [2.24, 2.45) is 0 Å². The number of rotatable bonds is 7. The third-order valence-electron chi connectivity index (χ3n) is 5.81. The summed E-state index contributed by atoms with van der Waals surface area (Å²) in [4.78, 5) is 23.0. The van der Waals surface area contributed by atoms with Crippen molar-refractivity contribution in [1.82, 2.24) is 14.8 Å². The van der Waals surface area contributed by atoms with Crippen molar-refractivity contribution < 1.29 is 19.0 Å². The minimum Gasteiger partial charge on any atom is -0.493 e. The van der Waals surface area contributed by atoms with Crippen LogP contribution in [0.5, 0.6) is 17.2 Å². The van der Waals surface area contributed by atoms with E-state index >= 15 is 0 Å². The summed E-state index contributed by atoms with van der Waals surface area (Å²) in [5, 5.41) is 0.899. The molecule has 1 saturated heterocycles. The maximum Gasteiger partial charge on any atom is 0.266 e. The van der Waals surface area contributed by atoms with Crippen LogP contribution in [0.2, 0.25) is 0 Å². The summed E-state index contributed by atoms with van der Waals surface area (Å²) in [7, 11) is 4.86. The van der Waals surface area contributed by atoms with Crippen LogP contribution in [0.4, 0.5) is 0 Å². The van der Waals surface area contributed by atoms with Gasteiger partial charge in [0, 0.05) is 43.9 Å². The Kier molecular flexibility index (Phi) is 7.15. The van der Waals surface area contributed by atoms with Gasteiger partial charge in [-0.15, -0.1) is 11.3 Å². The van der Waals surface area contributed by atoms with Gasteiger partial charge in [-0.2, -0.15) is 0 Å². The van der Waals surface area contributed by atoms with Crippen LogP contribution in [-0.4, -0.2) is 68.2 Å². The van der Waals surface area contributed by atoms with Gasteiger partial charge in [-0.05, 0) is 13.0 Å². The lowest BCUT2D eigenvalue weighted by Crippen LogP contribution is -2.48. The lowest BCUT2D eigenvalue weighted by molar-refractivity contribution is 0.0632. The Labute approximate surface area is 198 Å². The molecule has 174 valence electrons. The third kappa shape index (κ3) is 4.82. The molecule has 2 aromatic carbocycles. The fourth-order valence-electron chi connectivity index (χ4n) is 4.14. The number of thiazole rings is 1.